The van der Waals surface area contributed by atoms with Crippen LogP contribution >= 0.6 is 0 Å². The summed E-state index contributed by atoms with van der Waals surface area (Å²) in [7, 11) is 0. The maximum absolute atomic E-state index is 11.4. The van der Waals surface area contributed by atoms with E-state index in [4.69, 9.17) is 0 Å². The van der Waals surface area contributed by atoms with Gasteiger partial charge in [-0.3, -0.25) is 4.74 Å². The minimum Gasteiger partial charge on any atom is -0.464 e. The summed E-state index contributed by atoms with van der Waals surface area (Å²) < 4.78 is 41.8. The molecule has 0 amide bonds. The molecule has 0 aliphatic rings. The summed E-state index contributed by atoms with van der Waals surface area (Å²) in [5.74, 6) is -0.995. The second-order valence-corrected chi connectivity index (χ2v) is 2.31. The summed E-state index contributed by atoms with van der Waals surface area (Å²) >= 11 is 0. The molecule has 0 aromatic carbocycles. The summed E-state index contributed by atoms with van der Waals surface area (Å²) in [6, 6.07) is 0. The van der Waals surface area contributed by atoms with Gasteiger partial charge in [0.1, 0.15) is 0 Å². The molecule has 3 nitrogen and oxygen atoms in total. The number of hydrogen-bond acceptors (Lipinski definition) is 3. The van der Waals surface area contributed by atoms with Gasteiger partial charge in [-0.1, -0.05) is 13.3 Å². The molecule has 0 fully saturated rings. The third-order valence-electron chi connectivity index (χ3n) is 1.11. The van der Waals surface area contributed by atoms with Gasteiger partial charge < -0.3 is 4.74 Å². The Hall–Kier alpha value is -0.780. The second-order valence-electron chi connectivity index (χ2n) is 2.31. The summed E-state index contributed by atoms with van der Waals surface area (Å²) in [6.45, 7) is 0.934. The average molecular weight is 200 g/mol. The SMILES string of the molecule is CCCCOC(=O)COC(F)(F)F. The van der Waals surface area contributed by atoms with Crippen LogP contribution in [-0.4, -0.2) is 25.5 Å². The first-order chi connectivity index (χ1) is 5.95. The Balaban J connectivity index is 3.41. The van der Waals surface area contributed by atoms with Crippen LogP contribution in [0, 0.1) is 0 Å². The molecule has 0 aromatic heterocycles. The topological polar surface area (TPSA) is 35.5 Å². The minimum absolute atomic E-state index is 0.135. The first-order valence-corrected chi connectivity index (χ1v) is 3.82. The number of carbonyl (C=O) groups excluding carboxylic acids is 1. The van der Waals surface area contributed by atoms with Crippen LogP contribution in [0.25, 0.3) is 0 Å². The molecule has 0 bridgehead atoms. The molecule has 6 heteroatoms. The lowest BCUT2D eigenvalue weighted by molar-refractivity contribution is -0.322. The van der Waals surface area contributed by atoms with Gasteiger partial charge in [-0.15, -0.1) is 13.2 Å². The Kier molecular flexibility index (Phi) is 5.45. The van der Waals surface area contributed by atoms with E-state index in [-0.39, 0.29) is 6.61 Å². The van der Waals surface area contributed by atoms with E-state index in [9.17, 15) is 18.0 Å². The number of carbonyl (C=O) groups is 1. The zero-order valence-electron chi connectivity index (χ0n) is 7.19. The lowest BCUT2D eigenvalue weighted by Gasteiger charge is -2.06. The monoisotopic (exact) mass is 200 g/mol. The number of halogens is 3. The van der Waals surface area contributed by atoms with Crippen molar-refractivity contribution in [1.29, 1.82) is 0 Å². The van der Waals surface area contributed by atoms with Crippen LogP contribution in [0.15, 0.2) is 0 Å². The van der Waals surface area contributed by atoms with E-state index in [1.165, 1.54) is 0 Å². The van der Waals surface area contributed by atoms with E-state index in [1.807, 2.05) is 6.92 Å². The molecule has 0 aromatic rings. The zero-order valence-corrected chi connectivity index (χ0v) is 7.19. The van der Waals surface area contributed by atoms with Crippen LogP contribution in [0.5, 0.6) is 0 Å². The maximum Gasteiger partial charge on any atom is 0.523 e. The summed E-state index contributed by atoms with van der Waals surface area (Å²) in [5.41, 5.74) is 0. The molecule has 0 saturated heterocycles. The van der Waals surface area contributed by atoms with Crippen LogP contribution in [-0.2, 0) is 14.3 Å². The molecule has 0 unspecified atom stereocenters. The van der Waals surface area contributed by atoms with E-state index in [2.05, 4.69) is 9.47 Å². The van der Waals surface area contributed by atoms with Crippen molar-refractivity contribution in [3.05, 3.63) is 0 Å². The largest absolute Gasteiger partial charge is 0.523 e. The number of rotatable bonds is 5. The highest BCUT2D eigenvalue weighted by molar-refractivity contribution is 5.70. The van der Waals surface area contributed by atoms with Crippen molar-refractivity contribution in [1.82, 2.24) is 0 Å². The highest BCUT2D eigenvalue weighted by atomic mass is 19.4. The predicted molar refractivity (Wildman–Crippen MR) is 37.9 cm³/mol. The van der Waals surface area contributed by atoms with Gasteiger partial charge in [0.15, 0.2) is 6.61 Å². The molecule has 0 aliphatic carbocycles. The van der Waals surface area contributed by atoms with E-state index in [1.54, 1.807) is 0 Å². The second kappa shape index (κ2) is 5.80. The number of hydrogen-bond donors (Lipinski definition) is 0. The average Bonchev–Trinajstić information content (AvgIpc) is 2.00. The van der Waals surface area contributed by atoms with Crippen molar-refractivity contribution in [3.8, 4) is 0 Å². The van der Waals surface area contributed by atoms with Crippen molar-refractivity contribution in [2.24, 2.45) is 0 Å². The highest BCUT2D eigenvalue weighted by Crippen LogP contribution is 2.15. The fraction of sp³-hybridized carbons (Fsp3) is 0.857. The first kappa shape index (κ1) is 12.2. The predicted octanol–water partition coefficient (Wildman–Crippen LogP) is 1.87. The first-order valence-electron chi connectivity index (χ1n) is 3.82. The van der Waals surface area contributed by atoms with Crippen LogP contribution in [0.3, 0.4) is 0 Å². The van der Waals surface area contributed by atoms with Crippen LogP contribution in [0.1, 0.15) is 19.8 Å². The zero-order chi connectivity index (χ0) is 10.3. The molecule has 78 valence electrons. The van der Waals surface area contributed by atoms with E-state index in [0.29, 0.717) is 6.42 Å². The molecule has 0 aliphatic heterocycles. The number of esters is 1. The third kappa shape index (κ3) is 9.13. The van der Waals surface area contributed by atoms with Gasteiger partial charge in [0.25, 0.3) is 0 Å². The number of ether oxygens (including phenoxy) is 2. The Bertz CT molecular complexity index is 156. The fourth-order valence-corrected chi connectivity index (χ4v) is 0.513. The lowest BCUT2D eigenvalue weighted by Crippen LogP contribution is -2.21. The van der Waals surface area contributed by atoms with Crippen LogP contribution in [0.2, 0.25) is 0 Å². The van der Waals surface area contributed by atoms with Gasteiger partial charge in [0.05, 0.1) is 6.61 Å². The molecule has 0 spiro atoms. The molecule has 0 N–H and O–H groups in total. The summed E-state index contributed by atoms with van der Waals surface area (Å²) in [6.07, 6.45) is -3.32. The quantitative estimate of drug-likeness (QED) is 0.502. The molecular weight excluding hydrogens is 189 g/mol. The van der Waals surface area contributed by atoms with Gasteiger partial charge in [-0.05, 0) is 6.42 Å². The Labute approximate surface area is 73.8 Å². The van der Waals surface area contributed by atoms with E-state index >= 15 is 0 Å². The fourth-order valence-electron chi connectivity index (χ4n) is 0.513. The van der Waals surface area contributed by atoms with Gasteiger partial charge >= 0.3 is 12.3 Å². The van der Waals surface area contributed by atoms with Crippen molar-refractivity contribution in [2.75, 3.05) is 13.2 Å². The standard InChI is InChI=1S/C7H11F3O3/c1-2-3-4-12-6(11)5-13-7(8,9)10/h2-5H2,1H3. The molecule has 0 atom stereocenters. The summed E-state index contributed by atoms with van der Waals surface area (Å²) in [5, 5.41) is 0. The van der Waals surface area contributed by atoms with E-state index < -0.39 is 18.9 Å². The van der Waals surface area contributed by atoms with Gasteiger partial charge in [-0.25, -0.2) is 4.79 Å². The molecule has 0 radical (unpaired) electrons. The Morgan fingerprint density at radius 1 is 1.38 bits per heavy atom. The smallest absolute Gasteiger partial charge is 0.464 e. The number of alkyl halides is 3. The van der Waals surface area contributed by atoms with Gasteiger partial charge in [-0.2, -0.15) is 0 Å². The molecule has 13 heavy (non-hydrogen) atoms. The molecular formula is C7H11F3O3. The van der Waals surface area contributed by atoms with E-state index in [0.717, 1.165) is 6.42 Å². The van der Waals surface area contributed by atoms with Gasteiger partial charge in [0.2, 0.25) is 0 Å². The van der Waals surface area contributed by atoms with Crippen molar-refractivity contribution < 1.29 is 27.4 Å². The normalized spacial score (nSPS) is 11.4. The number of unbranched alkanes of at least 4 members (excludes halogenated alkanes) is 1. The van der Waals surface area contributed by atoms with Gasteiger partial charge in [0, 0.05) is 0 Å². The van der Waals surface area contributed by atoms with Crippen LogP contribution < -0.4 is 0 Å². The Morgan fingerprint density at radius 2 is 2.00 bits per heavy atom. The third-order valence-corrected chi connectivity index (χ3v) is 1.11. The van der Waals surface area contributed by atoms with Crippen molar-refractivity contribution in [2.45, 2.75) is 26.1 Å². The van der Waals surface area contributed by atoms with Crippen LogP contribution in [0.4, 0.5) is 13.2 Å². The molecule has 0 saturated carbocycles. The Morgan fingerprint density at radius 3 is 2.46 bits per heavy atom. The maximum atomic E-state index is 11.4. The molecule has 0 rings (SSSR count). The minimum atomic E-state index is -4.77. The molecule has 0 heterocycles. The lowest BCUT2D eigenvalue weighted by atomic mass is 10.4. The highest BCUT2D eigenvalue weighted by Gasteiger charge is 2.30. The van der Waals surface area contributed by atoms with Crippen molar-refractivity contribution in [3.63, 3.8) is 0 Å². The summed E-state index contributed by atoms with van der Waals surface area (Å²) in [4.78, 5) is 10.5. The van der Waals surface area contributed by atoms with Crippen molar-refractivity contribution >= 4 is 5.97 Å².